The number of carboxylic acid groups (broad SMARTS) is 1. The molecule has 0 aromatic rings. The van der Waals surface area contributed by atoms with E-state index in [9.17, 15) is 31.1 Å². The van der Waals surface area contributed by atoms with Crippen LogP contribution in [0.25, 0.3) is 0 Å². The van der Waals surface area contributed by atoms with Gasteiger partial charge in [-0.1, -0.05) is 6.58 Å². The molecule has 0 amide bonds. The number of alkyl halides is 6. The first-order valence-electron chi connectivity index (χ1n) is 4.21. The fraction of sp³-hybridized carbons (Fsp3) is 0.625. The Kier molecular flexibility index (Phi) is 12.7. The standard InChI is InChI=1S/C4H6O2.C2F6O.C2H6O2/c1-3(2)4(5)6;3-1(4,5)9-2(6,7)8;3-1-2-4/h1H2,2H3,(H,5,6);;3-4H,1-2H2. The van der Waals surface area contributed by atoms with Crippen molar-refractivity contribution in [1.82, 2.24) is 0 Å². The Morgan fingerprint density at radius 2 is 1.26 bits per heavy atom. The number of carboxylic acids is 1. The normalized spacial score (nSPS) is 10.6. The average Bonchev–Trinajstić information content (AvgIpc) is 2.13. The van der Waals surface area contributed by atoms with E-state index in [1.807, 2.05) is 0 Å². The van der Waals surface area contributed by atoms with Crippen molar-refractivity contribution in [3.8, 4) is 0 Å². The summed E-state index contributed by atoms with van der Waals surface area (Å²) in [6.45, 7) is 4.35. The zero-order valence-electron chi connectivity index (χ0n) is 9.55. The van der Waals surface area contributed by atoms with Crippen molar-refractivity contribution in [2.75, 3.05) is 13.2 Å². The van der Waals surface area contributed by atoms with Crippen molar-refractivity contribution in [2.45, 2.75) is 19.6 Å². The molecule has 0 aliphatic carbocycles. The number of aliphatic hydroxyl groups is 2. The highest BCUT2D eigenvalue weighted by Crippen LogP contribution is 2.28. The number of rotatable bonds is 2. The monoisotopic (exact) mass is 302 g/mol. The van der Waals surface area contributed by atoms with E-state index in [1.165, 1.54) is 6.92 Å². The fourth-order valence-electron chi connectivity index (χ4n) is 0.131. The molecule has 0 bridgehead atoms. The van der Waals surface area contributed by atoms with Crippen LogP contribution in [0.15, 0.2) is 12.2 Å². The number of carbonyl (C=O) groups is 1. The predicted octanol–water partition coefficient (Wildman–Crippen LogP) is 1.66. The van der Waals surface area contributed by atoms with Crippen molar-refractivity contribution in [2.24, 2.45) is 0 Å². The first-order valence-corrected chi connectivity index (χ1v) is 4.21. The van der Waals surface area contributed by atoms with E-state index < -0.39 is 18.7 Å². The maximum atomic E-state index is 10.6. The SMILES string of the molecule is C=C(C)C(=O)O.FC(F)(F)OC(F)(F)F.OCCO. The molecular weight excluding hydrogens is 290 g/mol. The van der Waals surface area contributed by atoms with Gasteiger partial charge < -0.3 is 15.3 Å². The highest BCUT2D eigenvalue weighted by molar-refractivity contribution is 5.84. The molecule has 0 unspecified atom stereocenters. The van der Waals surface area contributed by atoms with Crippen molar-refractivity contribution < 1.29 is 51.2 Å². The number of halogens is 6. The van der Waals surface area contributed by atoms with Crippen LogP contribution in [0.3, 0.4) is 0 Å². The van der Waals surface area contributed by atoms with Crippen LogP contribution in [0.4, 0.5) is 26.3 Å². The van der Waals surface area contributed by atoms with E-state index in [0.29, 0.717) is 0 Å². The summed E-state index contributed by atoms with van der Waals surface area (Å²) in [5, 5.41) is 23.1. The van der Waals surface area contributed by atoms with Gasteiger partial charge >= 0.3 is 18.7 Å². The first-order chi connectivity index (χ1) is 8.26. The van der Waals surface area contributed by atoms with Gasteiger partial charge in [0.05, 0.1) is 13.2 Å². The summed E-state index contributed by atoms with van der Waals surface area (Å²) in [6, 6.07) is 0. The summed E-state index contributed by atoms with van der Waals surface area (Å²) in [5.74, 6) is -0.935. The lowest BCUT2D eigenvalue weighted by Crippen LogP contribution is -2.25. The first kappa shape index (κ1) is 22.8. The van der Waals surface area contributed by atoms with E-state index in [1.54, 1.807) is 4.74 Å². The molecular formula is C8H12F6O5. The van der Waals surface area contributed by atoms with Crippen LogP contribution in [-0.4, -0.2) is 47.2 Å². The van der Waals surface area contributed by atoms with Crippen molar-refractivity contribution in [3.63, 3.8) is 0 Å². The van der Waals surface area contributed by atoms with E-state index in [4.69, 9.17) is 15.3 Å². The lowest BCUT2D eigenvalue weighted by Gasteiger charge is -2.08. The van der Waals surface area contributed by atoms with Crippen LogP contribution >= 0.6 is 0 Å². The Balaban J connectivity index is -0.000000222. The van der Waals surface area contributed by atoms with Gasteiger partial charge in [0.15, 0.2) is 0 Å². The summed E-state index contributed by atoms with van der Waals surface area (Å²) in [7, 11) is 0. The van der Waals surface area contributed by atoms with Gasteiger partial charge in [0.2, 0.25) is 0 Å². The molecule has 0 aromatic carbocycles. The van der Waals surface area contributed by atoms with Gasteiger partial charge in [-0.15, -0.1) is 26.3 Å². The van der Waals surface area contributed by atoms with Crippen molar-refractivity contribution >= 4 is 5.97 Å². The molecule has 5 nitrogen and oxygen atoms in total. The van der Waals surface area contributed by atoms with E-state index >= 15 is 0 Å². The van der Waals surface area contributed by atoms with Gasteiger partial charge in [-0.3, -0.25) is 0 Å². The molecule has 11 heteroatoms. The van der Waals surface area contributed by atoms with Gasteiger partial charge in [0, 0.05) is 5.57 Å². The number of aliphatic carboxylic acids is 1. The number of hydrogen-bond donors (Lipinski definition) is 3. The van der Waals surface area contributed by atoms with Gasteiger partial charge in [-0.05, 0) is 6.92 Å². The molecule has 0 aliphatic heterocycles. The molecule has 0 heterocycles. The number of ether oxygens (including phenoxy) is 1. The topological polar surface area (TPSA) is 87.0 Å². The highest BCUT2D eigenvalue weighted by Gasteiger charge is 2.45. The molecule has 0 atom stereocenters. The third-order valence-electron chi connectivity index (χ3n) is 0.697. The Morgan fingerprint density at radius 1 is 1.05 bits per heavy atom. The zero-order chi connectivity index (χ0) is 16.3. The summed E-state index contributed by atoms with van der Waals surface area (Å²) in [5.41, 5.74) is 0.176. The second-order valence-corrected chi connectivity index (χ2v) is 2.53. The average molecular weight is 302 g/mol. The van der Waals surface area contributed by atoms with Crippen molar-refractivity contribution in [3.05, 3.63) is 12.2 Å². The molecule has 19 heavy (non-hydrogen) atoms. The van der Waals surface area contributed by atoms with Crippen LogP contribution in [0.2, 0.25) is 0 Å². The lowest BCUT2D eigenvalue weighted by atomic mass is 10.4. The summed E-state index contributed by atoms with van der Waals surface area (Å²) in [6.07, 6.45) is -11.3. The molecule has 0 spiro atoms. The van der Waals surface area contributed by atoms with Gasteiger partial charge in [0.25, 0.3) is 0 Å². The summed E-state index contributed by atoms with van der Waals surface area (Å²) < 4.78 is 65.3. The molecule has 0 fully saturated rings. The second-order valence-electron chi connectivity index (χ2n) is 2.53. The lowest BCUT2D eigenvalue weighted by molar-refractivity contribution is -0.463. The molecule has 0 rings (SSSR count). The third-order valence-corrected chi connectivity index (χ3v) is 0.697. The highest BCUT2D eigenvalue weighted by atomic mass is 19.4. The minimum atomic E-state index is -5.64. The molecule has 0 saturated carbocycles. The molecule has 0 radical (unpaired) electrons. The smallest absolute Gasteiger partial charge is 0.478 e. The van der Waals surface area contributed by atoms with E-state index in [-0.39, 0.29) is 18.8 Å². The zero-order valence-corrected chi connectivity index (χ0v) is 9.55. The molecule has 0 aliphatic rings. The Morgan fingerprint density at radius 3 is 1.26 bits per heavy atom. The van der Waals surface area contributed by atoms with Crippen LogP contribution in [0, 0.1) is 0 Å². The molecule has 0 saturated heterocycles. The van der Waals surface area contributed by atoms with Crippen LogP contribution in [0.1, 0.15) is 6.92 Å². The summed E-state index contributed by atoms with van der Waals surface area (Å²) in [4.78, 5) is 9.60. The largest absolute Gasteiger partial charge is 0.529 e. The predicted molar refractivity (Wildman–Crippen MR) is 49.8 cm³/mol. The second kappa shape index (κ2) is 10.6. The van der Waals surface area contributed by atoms with Crippen LogP contribution in [0.5, 0.6) is 0 Å². The van der Waals surface area contributed by atoms with Crippen LogP contribution < -0.4 is 0 Å². The number of hydrogen-bond acceptors (Lipinski definition) is 4. The van der Waals surface area contributed by atoms with Crippen LogP contribution in [-0.2, 0) is 9.53 Å². The van der Waals surface area contributed by atoms with E-state index in [0.717, 1.165) is 0 Å². The van der Waals surface area contributed by atoms with Crippen molar-refractivity contribution in [1.29, 1.82) is 0 Å². The van der Waals surface area contributed by atoms with Gasteiger partial charge in [-0.25, -0.2) is 4.79 Å². The quantitative estimate of drug-likeness (QED) is 0.533. The van der Waals surface area contributed by atoms with Gasteiger partial charge in [-0.2, -0.15) is 4.74 Å². The maximum absolute atomic E-state index is 10.6. The third kappa shape index (κ3) is 38.4. The minimum absolute atomic E-state index is 0.125. The Hall–Kier alpha value is -1.33. The Labute approximate surface area is 103 Å². The molecule has 116 valence electrons. The Bertz CT molecular complexity index is 233. The molecule has 3 N–H and O–H groups in total. The molecule has 0 aromatic heterocycles. The maximum Gasteiger partial charge on any atom is 0.529 e. The number of aliphatic hydroxyl groups excluding tert-OH is 2. The summed E-state index contributed by atoms with van der Waals surface area (Å²) >= 11 is 0. The van der Waals surface area contributed by atoms with E-state index in [2.05, 4.69) is 6.58 Å². The fourth-order valence-corrected chi connectivity index (χ4v) is 0.131. The minimum Gasteiger partial charge on any atom is -0.478 e. The van der Waals surface area contributed by atoms with Gasteiger partial charge in [0.1, 0.15) is 0 Å².